The van der Waals surface area contributed by atoms with Crippen LogP contribution < -0.4 is 5.32 Å². The molecule has 3 rings (SSSR count). The SMILES string of the molecule is CCc1ccc(CNC2CS(=O)(=O)CC2N2CCCC2)o1. The molecule has 2 atom stereocenters. The van der Waals surface area contributed by atoms with Crippen LogP contribution in [-0.2, 0) is 22.8 Å². The van der Waals surface area contributed by atoms with E-state index < -0.39 is 9.84 Å². The van der Waals surface area contributed by atoms with E-state index in [1.54, 1.807) is 0 Å². The van der Waals surface area contributed by atoms with Gasteiger partial charge in [-0.3, -0.25) is 4.90 Å². The molecule has 0 aromatic carbocycles. The molecular formula is C15H24N2O3S. The first-order chi connectivity index (χ1) is 10.1. The third-order valence-electron chi connectivity index (χ3n) is 4.54. The number of hydrogen-bond acceptors (Lipinski definition) is 5. The lowest BCUT2D eigenvalue weighted by molar-refractivity contribution is 0.223. The lowest BCUT2D eigenvalue weighted by Crippen LogP contribution is -2.48. The van der Waals surface area contributed by atoms with Gasteiger partial charge >= 0.3 is 0 Å². The first-order valence-electron chi connectivity index (χ1n) is 7.83. The lowest BCUT2D eigenvalue weighted by atomic mass is 10.1. The highest BCUT2D eigenvalue weighted by Crippen LogP contribution is 2.23. The highest BCUT2D eigenvalue weighted by Gasteiger charge is 2.41. The molecule has 2 aliphatic rings. The summed E-state index contributed by atoms with van der Waals surface area (Å²) in [6, 6.07) is 4.10. The van der Waals surface area contributed by atoms with Crippen molar-refractivity contribution in [2.24, 2.45) is 0 Å². The Hall–Kier alpha value is -0.850. The van der Waals surface area contributed by atoms with Gasteiger partial charge in [0.05, 0.1) is 18.1 Å². The minimum absolute atomic E-state index is 0.0169. The minimum Gasteiger partial charge on any atom is -0.465 e. The molecule has 1 aromatic rings. The smallest absolute Gasteiger partial charge is 0.153 e. The predicted octanol–water partition coefficient (Wildman–Crippen LogP) is 1.19. The van der Waals surface area contributed by atoms with Crippen LogP contribution in [0.4, 0.5) is 0 Å². The molecule has 6 heteroatoms. The molecule has 2 aliphatic heterocycles. The summed E-state index contributed by atoms with van der Waals surface area (Å²) in [4.78, 5) is 2.34. The molecule has 0 amide bonds. The van der Waals surface area contributed by atoms with Crippen molar-refractivity contribution in [2.45, 2.75) is 44.8 Å². The molecule has 0 bridgehead atoms. The summed E-state index contributed by atoms with van der Waals surface area (Å²) in [5.41, 5.74) is 0. The molecule has 0 radical (unpaired) electrons. The van der Waals surface area contributed by atoms with Gasteiger partial charge in [0.25, 0.3) is 0 Å². The normalized spacial score (nSPS) is 29.2. The quantitative estimate of drug-likeness (QED) is 0.885. The Bertz CT molecular complexity index is 575. The Morgan fingerprint density at radius 2 is 1.95 bits per heavy atom. The molecular weight excluding hydrogens is 288 g/mol. The van der Waals surface area contributed by atoms with Gasteiger partial charge in [0.2, 0.25) is 0 Å². The summed E-state index contributed by atoms with van der Waals surface area (Å²) in [5, 5.41) is 3.40. The van der Waals surface area contributed by atoms with Crippen LogP contribution in [-0.4, -0.2) is 50.0 Å². The Kier molecular flexibility index (Phi) is 4.38. The third kappa shape index (κ3) is 3.49. The number of hydrogen-bond donors (Lipinski definition) is 1. The van der Waals surface area contributed by atoms with Gasteiger partial charge in [-0.1, -0.05) is 6.92 Å². The summed E-state index contributed by atoms with van der Waals surface area (Å²) in [5.74, 6) is 2.40. The van der Waals surface area contributed by atoms with E-state index in [4.69, 9.17) is 4.42 Å². The van der Waals surface area contributed by atoms with Gasteiger partial charge in [-0.25, -0.2) is 8.42 Å². The van der Waals surface area contributed by atoms with E-state index in [9.17, 15) is 8.42 Å². The van der Waals surface area contributed by atoms with Gasteiger partial charge in [0, 0.05) is 18.5 Å². The zero-order valence-corrected chi connectivity index (χ0v) is 13.4. The molecule has 5 nitrogen and oxygen atoms in total. The van der Waals surface area contributed by atoms with Crippen LogP contribution >= 0.6 is 0 Å². The van der Waals surface area contributed by atoms with Crippen LogP contribution in [0.25, 0.3) is 0 Å². The van der Waals surface area contributed by atoms with Crippen LogP contribution in [0.15, 0.2) is 16.5 Å². The lowest BCUT2D eigenvalue weighted by Gasteiger charge is -2.28. The summed E-state index contributed by atoms with van der Waals surface area (Å²) >= 11 is 0. The average Bonchev–Trinajstić information content (AvgIpc) is 3.15. The number of rotatable bonds is 5. The molecule has 3 heterocycles. The monoisotopic (exact) mass is 312 g/mol. The van der Waals surface area contributed by atoms with Gasteiger partial charge in [0.15, 0.2) is 9.84 Å². The standard InChI is InChI=1S/C15H24N2O3S/c1-2-12-5-6-13(20-12)9-16-14-10-21(18,19)11-15(14)17-7-3-4-8-17/h5-6,14-16H,2-4,7-11H2,1H3. The summed E-state index contributed by atoms with van der Waals surface area (Å²) in [7, 11) is -2.92. The van der Waals surface area contributed by atoms with E-state index in [1.165, 1.54) is 12.8 Å². The zero-order valence-electron chi connectivity index (χ0n) is 12.5. The Morgan fingerprint density at radius 1 is 1.24 bits per heavy atom. The maximum absolute atomic E-state index is 12.0. The Balaban J connectivity index is 1.64. The molecule has 21 heavy (non-hydrogen) atoms. The highest BCUT2D eigenvalue weighted by atomic mass is 32.2. The fourth-order valence-corrected chi connectivity index (χ4v) is 5.38. The van der Waals surface area contributed by atoms with Crippen LogP contribution in [0, 0.1) is 0 Å². The maximum atomic E-state index is 12.0. The predicted molar refractivity (Wildman–Crippen MR) is 82.0 cm³/mol. The molecule has 2 unspecified atom stereocenters. The van der Waals surface area contributed by atoms with Gasteiger partial charge in [-0.2, -0.15) is 0 Å². The van der Waals surface area contributed by atoms with Crippen LogP contribution in [0.2, 0.25) is 0 Å². The van der Waals surface area contributed by atoms with Crippen LogP contribution in [0.1, 0.15) is 31.3 Å². The van der Waals surface area contributed by atoms with Crippen molar-refractivity contribution < 1.29 is 12.8 Å². The Labute approximate surface area is 126 Å². The zero-order chi connectivity index (χ0) is 14.9. The largest absolute Gasteiger partial charge is 0.465 e. The number of sulfone groups is 1. The topological polar surface area (TPSA) is 62.6 Å². The second-order valence-corrected chi connectivity index (χ2v) is 8.25. The highest BCUT2D eigenvalue weighted by molar-refractivity contribution is 7.91. The molecule has 0 spiro atoms. The van der Waals surface area contributed by atoms with Crippen molar-refractivity contribution in [3.05, 3.63) is 23.7 Å². The second-order valence-electron chi connectivity index (χ2n) is 6.10. The van der Waals surface area contributed by atoms with Crippen molar-refractivity contribution in [3.63, 3.8) is 0 Å². The summed E-state index contributed by atoms with van der Waals surface area (Å²) in [6.07, 6.45) is 3.25. The fraction of sp³-hybridized carbons (Fsp3) is 0.733. The molecule has 0 saturated carbocycles. The number of likely N-dealkylation sites (tertiary alicyclic amines) is 1. The van der Waals surface area contributed by atoms with E-state index in [2.05, 4.69) is 17.1 Å². The van der Waals surface area contributed by atoms with Crippen molar-refractivity contribution >= 4 is 9.84 Å². The van der Waals surface area contributed by atoms with E-state index in [0.29, 0.717) is 12.3 Å². The summed E-state index contributed by atoms with van der Waals surface area (Å²) < 4.78 is 29.6. The average molecular weight is 312 g/mol. The minimum atomic E-state index is -2.92. The van der Waals surface area contributed by atoms with Crippen molar-refractivity contribution in [2.75, 3.05) is 24.6 Å². The van der Waals surface area contributed by atoms with E-state index in [1.807, 2.05) is 12.1 Å². The molecule has 1 aromatic heterocycles. The van der Waals surface area contributed by atoms with Gasteiger partial charge in [-0.05, 0) is 38.1 Å². The first-order valence-corrected chi connectivity index (χ1v) is 9.65. The molecule has 2 saturated heterocycles. The maximum Gasteiger partial charge on any atom is 0.153 e. The third-order valence-corrected chi connectivity index (χ3v) is 6.25. The number of aryl methyl sites for hydroxylation is 1. The molecule has 2 fully saturated rings. The number of nitrogens with zero attached hydrogens (tertiary/aromatic N) is 1. The Morgan fingerprint density at radius 3 is 2.62 bits per heavy atom. The van der Waals surface area contributed by atoms with Gasteiger partial charge < -0.3 is 9.73 Å². The fourth-order valence-electron chi connectivity index (χ4n) is 3.40. The van der Waals surface area contributed by atoms with Crippen molar-refractivity contribution in [1.82, 2.24) is 10.2 Å². The molecule has 118 valence electrons. The van der Waals surface area contributed by atoms with E-state index in [0.717, 1.165) is 31.0 Å². The van der Waals surface area contributed by atoms with E-state index in [-0.39, 0.29) is 17.8 Å². The molecule has 1 N–H and O–H groups in total. The van der Waals surface area contributed by atoms with Crippen LogP contribution in [0.5, 0.6) is 0 Å². The number of furan rings is 1. The van der Waals surface area contributed by atoms with Crippen molar-refractivity contribution in [3.8, 4) is 0 Å². The van der Waals surface area contributed by atoms with Crippen LogP contribution in [0.3, 0.4) is 0 Å². The van der Waals surface area contributed by atoms with E-state index >= 15 is 0 Å². The molecule has 0 aliphatic carbocycles. The van der Waals surface area contributed by atoms with Gasteiger partial charge in [0.1, 0.15) is 11.5 Å². The first kappa shape index (κ1) is 15.1. The van der Waals surface area contributed by atoms with Gasteiger partial charge in [-0.15, -0.1) is 0 Å². The van der Waals surface area contributed by atoms with Crippen molar-refractivity contribution in [1.29, 1.82) is 0 Å². The second kappa shape index (κ2) is 6.10. The number of nitrogens with one attached hydrogen (secondary N) is 1. The summed E-state index contributed by atoms with van der Waals surface area (Å²) in [6.45, 7) is 4.71.